The van der Waals surface area contributed by atoms with Crippen molar-refractivity contribution in [2.45, 2.75) is 83.1 Å². The fraction of sp³-hybridized carbons (Fsp3) is 0.447. The van der Waals surface area contributed by atoms with Crippen LogP contribution in [-0.2, 0) is 57.8 Å². The summed E-state index contributed by atoms with van der Waals surface area (Å²) < 4.78 is 43.1. The van der Waals surface area contributed by atoms with Crippen molar-refractivity contribution in [1.29, 1.82) is 0 Å². The van der Waals surface area contributed by atoms with Crippen LogP contribution in [0.5, 0.6) is 0 Å². The van der Waals surface area contributed by atoms with Gasteiger partial charge >= 0.3 is 5.97 Å². The highest BCUT2D eigenvalue weighted by molar-refractivity contribution is 5.66. The first-order valence-electron chi connectivity index (χ1n) is 16.1. The summed E-state index contributed by atoms with van der Waals surface area (Å²) in [6.07, 6.45) is 4.38. The predicted molar refractivity (Wildman–Crippen MR) is 176 cm³/mol. The van der Waals surface area contributed by atoms with Crippen LogP contribution in [0.15, 0.2) is 103 Å². The van der Waals surface area contributed by atoms with Crippen LogP contribution >= 0.6 is 0 Å². The molecular formula is C38H48O8. The van der Waals surface area contributed by atoms with E-state index in [0.717, 1.165) is 49.0 Å². The average molecular weight is 633 g/mol. The van der Waals surface area contributed by atoms with E-state index in [2.05, 4.69) is 12.2 Å². The van der Waals surface area contributed by atoms with E-state index in [1.807, 2.05) is 91.0 Å². The minimum absolute atomic E-state index is 0.233. The number of methoxy groups -OCH3 is 1. The van der Waals surface area contributed by atoms with Crippen LogP contribution in [0.25, 0.3) is 0 Å². The van der Waals surface area contributed by atoms with E-state index in [4.69, 9.17) is 33.2 Å². The van der Waals surface area contributed by atoms with E-state index in [1.165, 1.54) is 6.92 Å². The molecule has 1 saturated heterocycles. The third-order valence-corrected chi connectivity index (χ3v) is 7.54. The van der Waals surface area contributed by atoms with Gasteiger partial charge in [0.15, 0.2) is 12.4 Å². The molecule has 3 aromatic rings. The zero-order chi connectivity index (χ0) is 32.2. The maximum Gasteiger partial charge on any atom is 0.303 e. The Labute approximate surface area is 273 Å². The number of ether oxygens (including phenoxy) is 7. The van der Waals surface area contributed by atoms with Crippen LogP contribution in [-0.4, -0.2) is 63.6 Å². The average Bonchev–Trinajstić information content (AvgIpc) is 3.08. The van der Waals surface area contributed by atoms with Gasteiger partial charge in [0.05, 0.1) is 33.0 Å². The Kier molecular flexibility index (Phi) is 16.0. The van der Waals surface area contributed by atoms with Crippen molar-refractivity contribution >= 4 is 5.97 Å². The Bertz CT molecular complexity index is 1250. The zero-order valence-electron chi connectivity index (χ0n) is 27.0. The SMILES string of the molecule is COCCC/C=C\CCCO[C@@H]1OC(COCc2ccccc2)[C@H](OCc2ccccc2)[C@H](OCc2ccccc2)C1OC(C)=O. The Balaban J connectivity index is 1.52. The van der Waals surface area contributed by atoms with Gasteiger partial charge in [-0.3, -0.25) is 4.79 Å². The summed E-state index contributed by atoms with van der Waals surface area (Å²) in [7, 11) is 1.71. The maximum absolute atomic E-state index is 12.4. The lowest BCUT2D eigenvalue weighted by Gasteiger charge is -2.45. The van der Waals surface area contributed by atoms with Gasteiger partial charge in [-0.15, -0.1) is 0 Å². The molecule has 0 N–H and O–H groups in total. The molecule has 0 spiro atoms. The van der Waals surface area contributed by atoms with E-state index >= 15 is 0 Å². The smallest absolute Gasteiger partial charge is 0.303 e. The highest BCUT2D eigenvalue weighted by Gasteiger charge is 2.50. The summed E-state index contributed by atoms with van der Waals surface area (Å²) in [5.74, 6) is -0.449. The van der Waals surface area contributed by atoms with Crippen molar-refractivity contribution < 1.29 is 38.0 Å². The Morgan fingerprint density at radius 2 is 1.20 bits per heavy atom. The minimum Gasteiger partial charge on any atom is -0.454 e. The van der Waals surface area contributed by atoms with E-state index < -0.39 is 36.7 Å². The Morgan fingerprint density at radius 1 is 0.674 bits per heavy atom. The molecule has 0 aliphatic carbocycles. The van der Waals surface area contributed by atoms with E-state index in [1.54, 1.807) is 7.11 Å². The van der Waals surface area contributed by atoms with Gasteiger partial charge in [0.1, 0.15) is 18.3 Å². The van der Waals surface area contributed by atoms with Crippen molar-refractivity contribution in [3.05, 3.63) is 120 Å². The van der Waals surface area contributed by atoms with Gasteiger partial charge in [-0.1, -0.05) is 103 Å². The van der Waals surface area contributed by atoms with E-state index in [0.29, 0.717) is 26.4 Å². The molecule has 1 aliphatic rings. The molecule has 2 unspecified atom stereocenters. The van der Waals surface area contributed by atoms with Crippen LogP contribution in [0.2, 0.25) is 0 Å². The van der Waals surface area contributed by atoms with Crippen LogP contribution in [0, 0.1) is 0 Å². The fourth-order valence-corrected chi connectivity index (χ4v) is 5.24. The summed E-state index contributed by atoms with van der Waals surface area (Å²) in [6.45, 7) is 3.83. The summed E-state index contributed by atoms with van der Waals surface area (Å²) >= 11 is 0. The van der Waals surface area contributed by atoms with Crippen molar-refractivity contribution in [2.75, 3.05) is 26.9 Å². The van der Waals surface area contributed by atoms with Crippen LogP contribution < -0.4 is 0 Å². The molecule has 5 atom stereocenters. The largest absolute Gasteiger partial charge is 0.454 e. The molecule has 0 saturated carbocycles. The van der Waals surface area contributed by atoms with Gasteiger partial charge in [-0.2, -0.15) is 0 Å². The molecule has 248 valence electrons. The number of benzene rings is 3. The fourth-order valence-electron chi connectivity index (χ4n) is 5.24. The zero-order valence-corrected chi connectivity index (χ0v) is 27.0. The molecule has 4 rings (SSSR count). The quantitative estimate of drug-likeness (QED) is 0.0764. The summed E-state index contributed by atoms with van der Waals surface area (Å²) in [4.78, 5) is 12.4. The van der Waals surface area contributed by atoms with Crippen molar-refractivity contribution in [3.8, 4) is 0 Å². The number of carbonyl (C=O) groups excluding carboxylic acids is 1. The maximum atomic E-state index is 12.4. The van der Waals surface area contributed by atoms with Gasteiger partial charge in [-0.05, 0) is 42.4 Å². The molecule has 0 bridgehead atoms. The summed E-state index contributed by atoms with van der Waals surface area (Å²) in [5.41, 5.74) is 3.05. The third kappa shape index (κ3) is 12.4. The molecule has 0 amide bonds. The molecule has 1 aliphatic heterocycles. The number of unbranched alkanes of at least 4 members (excludes halogenated alkanes) is 2. The second kappa shape index (κ2) is 20.7. The van der Waals surface area contributed by atoms with Gasteiger partial charge < -0.3 is 33.2 Å². The summed E-state index contributed by atoms with van der Waals surface area (Å²) in [6, 6.07) is 29.8. The molecule has 1 fully saturated rings. The highest BCUT2D eigenvalue weighted by Crippen LogP contribution is 2.31. The number of hydrogen-bond donors (Lipinski definition) is 0. The molecule has 1 heterocycles. The molecule has 8 nitrogen and oxygen atoms in total. The number of carbonyl (C=O) groups is 1. The molecule has 8 heteroatoms. The standard InChI is InChI=1S/C38H48O8/c1-30(39)45-37-36(44-28-33-22-14-9-15-23-33)35(43-27-32-20-12-8-13-21-32)34(29-41-26-31-18-10-7-11-19-31)46-38(37)42-25-17-6-4-3-5-16-24-40-2/h3-4,7-15,18-23,34-38H,5-6,16-17,24-29H2,1-2H3/b4-3-/t34?,35-,36-,37?,38+/m0/s1. The van der Waals surface area contributed by atoms with E-state index in [-0.39, 0.29) is 6.61 Å². The Morgan fingerprint density at radius 3 is 1.74 bits per heavy atom. The van der Waals surface area contributed by atoms with Crippen molar-refractivity contribution in [3.63, 3.8) is 0 Å². The normalized spacial score (nSPS) is 21.4. The molecule has 3 aromatic carbocycles. The first-order chi connectivity index (χ1) is 22.6. The van der Waals surface area contributed by atoms with Crippen LogP contribution in [0.1, 0.15) is 49.3 Å². The van der Waals surface area contributed by atoms with Crippen molar-refractivity contribution in [2.24, 2.45) is 0 Å². The molecule has 0 aromatic heterocycles. The lowest BCUT2D eigenvalue weighted by Crippen LogP contribution is -2.62. The monoisotopic (exact) mass is 632 g/mol. The van der Waals surface area contributed by atoms with Crippen molar-refractivity contribution in [1.82, 2.24) is 0 Å². The molecule has 0 radical (unpaired) electrons. The number of hydrogen-bond acceptors (Lipinski definition) is 8. The minimum atomic E-state index is -0.864. The van der Waals surface area contributed by atoms with Crippen LogP contribution in [0.3, 0.4) is 0 Å². The number of allylic oxidation sites excluding steroid dienone is 2. The Hall–Kier alpha value is -3.37. The first-order valence-corrected chi connectivity index (χ1v) is 16.1. The second-order valence-corrected chi connectivity index (χ2v) is 11.3. The topological polar surface area (TPSA) is 81.7 Å². The number of rotatable bonds is 20. The second-order valence-electron chi connectivity index (χ2n) is 11.3. The van der Waals surface area contributed by atoms with E-state index in [9.17, 15) is 4.79 Å². The lowest BCUT2D eigenvalue weighted by molar-refractivity contribution is -0.321. The number of esters is 1. The van der Waals surface area contributed by atoms with Gasteiger partial charge in [0.25, 0.3) is 0 Å². The first kappa shape index (κ1) is 35.5. The summed E-state index contributed by atoms with van der Waals surface area (Å²) in [5, 5.41) is 0. The molecule has 46 heavy (non-hydrogen) atoms. The molecular weight excluding hydrogens is 584 g/mol. The van der Waals surface area contributed by atoms with Gasteiger partial charge in [0.2, 0.25) is 0 Å². The highest BCUT2D eigenvalue weighted by atomic mass is 16.7. The van der Waals surface area contributed by atoms with Crippen LogP contribution in [0.4, 0.5) is 0 Å². The van der Waals surface area contributed by atoms with Gasteiger partial charge in [-0.25, -0.2) is 0 Å². The third-order valence-electron chi connectivity index (χ3n) is 7.54. The predicted octanol–water partition coefficient (Wildman–Crippen LogP) is 6.81. The lowest BCUT2D eigenvalue weighted by atomic mass is 9.97. The van der Waals surface area contributed by atoms with Gasteiger partial charge in [0, 0.05) is 20.6 Å².